The molecule has 0 aliphatic carbocycles. The Morgan fingerprint density at radius 1 is 1.03 bits per heavy atom. The molecule has 0 aliphatic rings. The summed E-state index contributed by atoms with van der Waals surface area (Å²) in [6.45, 7) is 16.0. The summed E-state index contributed by atoms with van der Waals surface area (Å²) in [6, 6.07) is 0. The van der Waals surface area contributed by atoms with Crippen molar-refractivity contribution in [3.05, 3.63) is 0 Å². The maximum Gasteiger partial charge on any atom is 0.252 e. The van der Waals surface area contributed by atoms with Gasteiger partial charge in [-0.2, -0.15) is 0 Å². The highest BCUT2D eigenvalue weighted by Gasteiger charge is 2.37. The minimum absolute atomic E-state index is 0.165. The molecule has 0 heterocycles. The van der Waals surface area contributed by atoms with Crippen LogP contribution in [0.1, 0.15) is 81.1 Å². The molecule has 0 aromatic heterocycles. The van der Waals surface area contributed by atoms with Crippen LogP contribution in [-0.2, 0) is 23.7 Å². The number of hydrogen-bond donors (Lipinski definition) is 3. The summed E-state index contributed by atoms with van der Waals surface area (Å²) < 4.78 is 23.4. The van der Waals surface area contributed by atoms with Gasteiger partial charge in [-0.15, -0.1) is 0 Å². The number of aliphatic hydroxyl groups is 2. The molecule has 0 saturated heterocycles. The standard InChI is InChI=1S/C24H49NO7/c1-10-22(6,32-20(16-26)17-30-23(7,11-2)19(5)27)15-18(4)31-24(8,12-3)21(28)25-13-14-29-9/h18-20,26-27H,10-17H2,1-9H3,(H,25,28). The molecule has 6 atom stereocenters. The van der Waals surface area contributed by atoms with E-state index in [1.54, 1.807) is 21.0 Å². The Hall–Kier alpha value is -0.770. The fraction of sp³-hybridized carbons (Fsp3) is 0.958. The Balaban J connectivity index is 5.08. The largest absolute Gasteiger partial charge is 0.394 e. The minimum Gasteiger partial charge on any atom is -0.394 e. The van der Waals surface area contributed by atoms with E-state index in [-0.39, 0.29) is 25.2 Å². The third-order valence-electron chi connectivity index (χ3n) is 6.51. The van der Waals surface area contributed by atoms with Gasteiger partial charge in [0.2, 0.25) is 0 Å². The number of rotatable bonds is 18. The summed E-state index contributed by atoms with van der Waals surface area (Å²) in [6.07, 6.45) is 0.982. The zero-order valence-electron chi connectivity index (χ0n) is 21.8. The van der Waals surface area contributed by atoms with Crippen LogP contribution >= 0.6 is 0 Å². The first-order valence-electron chi connectivity index (χ1n) is 11.9. The number of carbonyl (C=O) groups excluding carboxylic acids is 1. The zero-order chi connectivity index (χ0) is 25.0. The Morgan fingerprint density at radius 2 is 1.66 bits per heavy atom. The van der Waals surface area contributed by atoms with Gasteiger partial charge >= 0.3 is 0 Å². The Morgan fingerprint density at radius 3 is 2.09 bits per heavy atom. The second-order valence-electron chi connectivity index (χ2n) is 9.34. The molecule has 8 heteroatoms. The van der Waals surface area contributed by atoms with E-state index in [4.69, 9.17) is 18.9 Å². The number of nitrogens with one attached hydrogen (secondary N) is 1. The van der Waals surface area contributed by atoms with E-state index in [0.717, 1.165) is 0 Å². The zero-order valence-corrected chi connectivity index (χ0v) is 21.8. The van der Waals surface area contributed by atoms with E-state index in [0.29, 0.717) is 38.8 Å². The predicted molar refractivity (Wildman–Crippen MR) is 126 cm³/mol. The maximum atomic E-state index is 12.6. The van der Waals surface area contributed by atoms with E-state index in [9.17, 15) is 15.0 Å². The van der Waals surface area contributed by atoms with Crippen LogP contribution in [0.15, 0.2) is 0 Å². The number of carbonyl (C=O) groups is 1. The number of amides is 1. The molecule has 1 amide bonds. The van der Waals surface area contributed by atoms with E-state index < -0.39 is 29.0 Å². The van der Waals surface area contributed by atoms with Gasteiger partial charge in [0.05, 0.1) is 43.2 Å². The van der Waals surface area contributed by atoms with Gasteiger partial charge in [-0.3, -0.25) is 4.79 Å². The van der Waals surface area contributed by atoms with Crippen LogP contribution in [0.5, 0.6) is 0 Å². The number of methoxy groups -OCH3 is 1. The quantitative estimate of drug-likeness (QED) is 0.268. The fourth-order valence-corrected chi connectivity index (χ4v) is 3.45. The van der Waals surface area contributed by atoms with Gasteiger partial charge in [-0.25, -0.2) is 0 Å². The highest BCUT2D eigenvalue weighted by atomic mass is 16.6. The molecule has 3 N–H and O–H groups in total. The van der Waals surface area contributed by atoms with E-state index in [1.165, 1.54) is 0 Å². The molecular formula is C24H49NO7. The van der Waals surface area contributed by atoms with Crippen molar-refractivity contribution in [2.45, 2.75) is 116 Å². The van der Waals surface area contributed by atoms with Gasteiger partial charge in [-0.05, 0) is 53.9 Å². The van der Waals surface area contributed by atoms with Crippen LogP contribution in [0.3, 0.4) is 0 Å². The monoisotopic (exact) mass is 463 g/mol. The van der Waals surface area contributed by atoms with Crippen LogP contribution in [0.4, 0.5) is 0 Å². The molecular weight excluding hydrogens is 414 g/mol. The van der Waals surface area contributed by atoms with E-state index in [2.05, 4.69) is 5.32 Å². The average molecular weight is 464 g/mol. The van der Waals surface area contributed by atoms with Crippen molar-refractivity contribution >= 4 is 5.91 Å². The molecule has 0 spiro atoms. The first kappa shape index (κ1) is 31.2. The SMILES string of the molecule is CCC(C)(CC(C)OC(C)(CC)C(=O)NCCOC)OC(CO)COC(C)(CC)C(C)O. The highest BCUT2D eigenvalue weighted by molar-refractivity contribution is 5.84. The van der Waals surface area contributed by atoms with Crippen molar-refractivity contribution in [2.75, 3.05) is 33.5 Å². The van der Waals surface area contributed by atoms with Crippen molar-refractivity contribution in [3.8, 4) is 0 Å². The fourth-order valence-electron chi connectivity index (χ4n) is 3.45. The van der Waals surface area contributed by atoms with Crippen molar-refractivity contribution in [1.82, 2.24) is 5.32 Å². The Labute approximate surface area is 195 Å². The number of hydrogen-bond acceptors (Lipinski definition) is 7. The summed E-state index contributed by atoms with van der Waals surface area (Å²) in [5, 5.41) is 22.7. The maximum absolute atomic E-state index is 12.6. The van der Waals surface area contributed by atoms with E-state index >= 15 is 0 Å². The summed E-state index contributed by atoms with van der Waals surface area (Å²) >= 11 is 0. The lowest BCUT2D eigenvalue weighted by atomic mass is 9.94. The average Bonchev–Trinajstić information content (AvgIpc) is 2.75. The smallest absolute Gasteiger partial charge is 0.252 e. The molecule has 0 aliphatic heterocycles. The minimum atomic E-state index is -0.957. The third-order valence-corrected chi connectivity index (χ3v) is 6.51. The molecule has 0 radical (unpaired) electrons. The van der Waals surface area contributed by atoms with Crippen molar-refractivity contribution in [3.63, 3.8) is 0 Å². The van der Waals surface area contributed by atoms with Crippen LogP contribution in [-0.4, -0.2) is 84.7 Å². The lowest BCUT2D eigenvalue weighted by Crippen LogP contribution is -2.50. The lowest BCUT2D eigenvalue weighted by Gasteiger charge is -2.39. The first-order valence-corrected chi connectivity index (χ1v) is 11.9. The first-order chi connectivity index (χ1) is 14.8. The van der Waals surface area contributed by atoms with Crippen LogP contribution < -0.4 is 5.32 Å². The molecule has 0 saturated carbocycles. The molecule has 192 valence electrons. The molecule has 0 aromatic rings. The van der Waals surface area contributed by atoms with Crippen molar-refractivity contribution in [2.24, 2.45) is 0 Å². The molecule has 0 rings (SSSR count). The molecule has 32 heavy (non-hydrogen) atoms. The highest BCUT2D eigenvalue weighted by Crippen LogP contribution is 2.29. The van der Waals surface area contributed by atoms with Gasteiger partial charge in [0.15, 0.2) is 0 Å². The second-order valence-corrected chi connectivity index (χ2v) is 9.34. The Bertz CT molecular complexity index is 532. The van der Waals surface area contributed by atoms with Crippen LogP contribution in [0, 0.1) is 0 Å². The summed E-state index contributed by atoms with van der Waals surface area (Å²) in [7, 11) is 1.59. The molecule has 0 fully saturated rings. The number of aliphatic hydroxyl groups excluding tert-OH is 2. The molecule has 6 unspecified atom stereocenters. The predicted octanol–water partition coefficient (Wildman–Crippen LogP) is 2.83. The van der Waals surface area contributed by atoms with Crippen LogP contribution in [0.25, 0.3) is 0 Å². The Kier molecular flexibility index (Phi) is 14.1. The molecule has 0 bridgehead atoms. The van der Waals surface area contributed by atoms with Gasteiger partial charge < -0.3 is 34.5 Å². The molecule has 8 nitrogen and oxygen atoms in total. The topological polar surface area (TPSA) is 106 Å². The van der Waals surface area contributed by atoms with Gasteiger partial charge in [0, 0.05) is 20.1 Å². The van der Waals surface area contributed by atoms with Crippen molar-refractivity contribution in [1.29, 1.82) is 0 Å². The third kappa shape index (κ3) is 10.0. The molecule has 0 aromatic carbocycles. The lowest BCUT2D eigenvalue weighted by molar-refractivity contribution is -0.187. The van der Waals surface area contributed by atoms with Gasteiger partial charge in [0.25, 0.3) is 5.91 Å². The normalized spacial score (nSPS) is 20.5. The van der Waals surface area contributed by atoms with Crippen molar-refractivity contribution < 1.29 is 34.0 Å². The van der Waals surface area contributed by atoms with Gasteiger partial charge in [-0.1, -0.05) is 20.8 Å². The summed E-state index contributed by atoms with van der Waals surface area (Å²) in [5.74, 6) is -0.165. The van der Waals surface area contributed by atoms with Gasteiger partial charge in [0.1, 0.15) is 11.7 Å². The number of ether oxygens (including phenoxy) is 4. The summed E-state index contributed by atoms with van der Waals surface area (Å²) in [4.78, 5) is 12.6. The van der Waals surface area contributed by atoms with Crippen LogP contribution in [0.2, 0.25) is 0 Å². The summed E-state index contributed by atoms with van der Waals surface area (Å²) in [5.41, 5.74) is -2.23. The van der Waals surface area contributed by atoms with E-state index in [1.807, 2.05) is 41.5 Å². The second kappa shape index (κ2) is 14.5.